The SMILES string of the molecule is CCCCCOc1cccc(-c2ccccc2-c2cccc([C@H]3CC[Si@H](CCC)CC3)c2F)c1. The van der Waals surface area contributed by atoms with E-state index in [-0.39, 0.29) is 5.82 Å². The molecule has 0 saturated carbocycles. The predicted octanol–water partition coefficient (Wildman–Crippen LogP) is 9.24. The Morgan fingerprint density at radius 2 is 1.56 bits per heavy atom. The Balaban J connectivity index is 1.60. The lowest BCUT2D eigenvalue weighted by Gasteiger charge is -2.28. The van der Waals surface area contributed by atoms with Gasteiger partial charge in [0.1, 0.15) is 11.6 Å². The molecule has 1 aliphatic heterocycles. The van der Waals surface area contributed by atoms with Crippen molar-refractivity contribution >= 4 is 8.80 Å². The summed E-state index contributed by atoms with van der Waals surface area (Å²) in [7, 11) is -0.577. The van der Waals surface area contributed by atoms with E-state index in [1.54, 1.807) is 0 Å². The number of unbranched alkanes of at least 4 members (excludes halogenated alkanes) is 2. The number of benzene rings is 3. The van der Waals surface area contributed by atoms with Crippen LogP contribution >= 0.6 is 0 Å². The van der Waals surface area contributed by atoms with Gasteiger partial charge < -0.3 is 4.74 Å². The zero-order chi connectivity index (χ0) is 23.8. The Morgan fingerprint density at radius 3 is 2.32 bits per heavy atom. The van der Waals surface area contributed by atoms with Crippen molar-refractivity contribution in [3.63, 3.8) is 0 Å². The van der Waals surface area contributed by atoms with Crippen molar-refractivity contribution in [1.29, 1.82) is 0 Å². The second-order valence-corrected chi connectivity index (χ2v) is 13.3. The van der Waals surface area contributed by atoms with E-state index in [1.807, 2.05) is 42.5 Å². The molecule has 0 unspecified atom stereocenters. The van der Waals surface area contributed by atoms with Crippen LogP contribution in [0.15, 0.2) is 66.7 Å². The van der Waals surface area contributed by atoms with Crippen LogP contribution in [0.4, 0.5) is 4.39 Å². The number of ether oxygens (including phenoxy) is 1. The molecule has 34 heavy (non-hydrogen) atoms. The van der Waals surface area contributed by atoms with E-state index in [9.17, 15) is 0 Å². The normalized spacial score (nSPS) is 18.1. The van der Waals surface area contributed by atoms with Crippen molar-refractivity contribution < 1.29 is 9.13 Å². The summed E-state index contributed by atoms with van der Waals surface area (Å²) in [6, 6.07) is 26.6. The van der Waals surface area contributed by atoms with E-state index < -0.39 is 8.80 Å². The lowest BCUT2D eigenvalue weighted by molar-refractivity contribution is 0.306. The van der Waals surface area contributed by atoms with Crippen LogP contribution in [-0.2, 0) is 0 Å². The molecule has 1 saturated heterocycles. The van der Waals surface area contributed by atoms with Crippen LogP contribution in [0.2, 0.25) is 18.1 Å². The lowest BCUT2D eigenvalue weighted by atomic mass is 9.88. The molecule has 1 nitrogen and oxygen atoms in total. The lowest BCUT2D eigenvalue weighted by Crippen LogP contribution is -2.20. The molecule has 1 fully saturated rings. The van der Waals surface area contributed by atoms with Gasteiger partial charge in [0.2, 0.25) is 0 Å². The maximum absolute atomic E-state index is 16.0. The Hall–Kier alpha value is -2.39. The summed E-state index contributed by atoms with van der Waals surface area (Å²) in [5, 5.41) is 0. The van der Waals surface area contributed by atoms with E-state index in [0.717, 1.165) is 59.4 Å². The molecular formula is C31H39FOSi. The van der Waals surface area contributed by atoms with Crippen LogP contribution in [0.3, 0.4) is 0 Å². The van der Waals surface area contributed by atoms with Crippen LogP contribution in [0, 0.1) is 5.82 Å². The van der Waals surface area contributed by atoms with Crippen LogP contribution in [0.25, 0.3) is 22.3 Å². The molecule has 1 heterocycles. The Bertz CT molecular complexity index is 1050. The van der Waals surface area contributed by atoms with Crippen molar-refractivity contribution in [3.8, 4) is 28.0 Å². The highest BCUT2D eigenvalue weighted by Crippen LogP contribution is 2.40. The fourth-order valence-corrected chi connectivity index (χ4v) is 8.94. The van der Waals surface area contributed by atoms with Crippen molar-refractivity contribution in [2.24, 2.45) is 0 Å². The number of rotatable bonds is 10. The van der Waals surface area contributed by atoms with Gasteiger partial charge in [-0.05, 0) is 59.6 Å². The molecular weight excluding hydrogens is 435 g/mol. The predicted molar refractivity (Wildman–Crippen MR) is 146 cm³/mol. The highest BCUT2D eigenvalue weighted by atomic mass is 28.3. The number of hydrogen-bond acceptors (Lipinski definition) is 1. The molecule has 0 bridgehead atoms. The molecule has 180 valence electrons. The van der Waals surface area contributed by atoms with Crippen LogP contribution < -0.4 is 4.74 Å². The quantitative estimate of drug-likeness (QED) is 0.210. The maximum atomic E-state index is 16.0. The zero-order valence-corrected chi connectivity index (χ0v) is 22.0. The summed E-state index contributed by atoms with van der Waals surface area (Å²) in [5.41, 5.74) is 4.72. The van der Waals surface area contributed by atoms with Gasteiger partial charge in [-0.3, -0.25) is 0 Å². The summed E-state index contributed by atoms with van der Waals surface area (Å²) >= 11 is 0. The van der Waals surface area contributed by atoms with Gasteiger partial charge >= 0.3 is 0 Å². The largest absolute Gasteiger partial charge is 0.494 e. The molecule has 0 spiro atoms. The van der Waals surface area contributed by atoms with Crippen molar-refractivity contribution in [3.05, 3.63) is 78.1 Å². The summed E-state index contributed by atoms with van der Waals surface area (Å²) in [5.74, 6) is 1.22. The maximum Gasteiger partial charge on any atom is 0.134 e. The fourth-order valence-electron chi connectivity index (χ4n) is 5.51. The first-order valence-electron chi connectivity index (χ1n) is 13.3. The molecule has 3 aromatic rings. The average Bonchev–Trinajstić information content (AvgIpc) is 2.88. The topological polar surface area (TPSA) is 9.23 Å². The van der Waals surface area contributed by atoms with Gasteiger partial charge in [-0.15, -0.1) is 0 Å². The minimum Gasteiger partial charge on any atom is -0.494 e. The van der Waals surface area contributed by atoms with Crippen LogP contribution in [-0.4, -0.2) is 15.4 Å². The van der Waals surface area contributed by atoms with Gasteiger partial charge in [0.05, 0.1) is 6.61 Å². The van der Waals surface area contributed by atoms with Crippen molar-refractivity contribution in [1.82, 2.24) is 0 Å². The molecule has 4 rings (SSSR count). The number of hydrogen-bond donors (Lipinski definition) is 0. The summed E-state index contributed by atoms with van der Waals surface area (Å²) < 4.78 is 22.0. The first kappa shape index (κ1) is 24.7. The Kier molecular flexibility index (Phi) is 8.98. The fraction of sp³-hybridized carbons (Fsp3) is 0.419. The summed E-state index contributed by atoms with van der Waals surface area (Å²) in [6.07, 6.45) is 7.07. The number of halogens is 1. The Labute approximate surface area is 207 Å². The van der Waals surface area contributed by atoms with E-state index in [2.05, 4.69) is 38.1 Å². The monoisotopic (exact) mass is 474 g/mol. The van der Waals surface area contributed by atoms with Crippen LogP contribution in [0.5, 0.6) is 5.75 Å². The molecule has 1 aliphatic rings. The Morgan fingerprint density at radius 1 is 0.824 bits per heavy atom. The van der Waals surface area contributed by atoms with Crippen molar-refractivity contribution in [2.75, 3.05) is 6.61 Å². The molecule has 0 amide bonds. The van der Waals surface area contributed by atoms with Gasteiger partial charge in [0.15, 0.2) is 0 Å². The highest BCUT2D eigenvalue weighted by Gasteiger charge is 2.26. The first-order valence-corrected chi connectivity index (χ1v) is 15.8. The van der Waals surface area contributed by atoms with E-state index >= 15 is 4.39 Å². The highest BCUT2D eigenvalue weighted by molar-refractivity contribution is 6.59. The molecule has 0 radical (unpaired) electrons. The zero-order valence-electron chi connectivity index (χ0n) is 20.9. The van der Waals surface area contributed by atoms with Crippen molar-refractivity contribution in [2.45, 2.75) is 76.4 Å². The van der Waals surface area contributed by atoms with Gasteiger partial charge in [0.25, 0.3) is 0 Å². The summed E-state index contributed by atoms with van der Waals surface area (Å²) in [6.45, 7) is 5.23. The average molecular weight is 475 g/mol. The molecule has 0 aromatic heterocycles. The third-order valence-electron chi connectivity index (χ3n) is 7.39. The van der Waals surface area contributed by atoms with Gasteiger partial charge in [-0.2, -0.15) is 0 Å². The molecule has 0 N–H and O–H groups in total. The van der Waals surface area contributed by atoms with E-state index in [0.29, 0.717) is 5.92 Å². The van der Waals surface area contributed by atoms with Gasteiger partial charge in [-0.1, -0.05) is 106 Å². The molecule has 0 aliphatic carbocycles. The summed E-state index contributed by atoms with van der Waals surface area (Å²) in [4.78, 5) is 0. The smallest absolute Gasteiger partial charge is 0.134 e. The minimum absolute atomic E-state index is 0.0254. The molecule has 3 heteroatoms. The molecule has 3 aromatic carbocycles. The second kappa shape index (κ2) is 12.4. The second-order valence-electron chi connectivity index (χ2n) is 9.84. The minimum atomic E-state index is -0.577. The third-order valence-corrected chi connectivity index (χ3v) is 11.1. The van der Waals surface area contributed by atoms with E-state index in [1.165, 1.54) is 37.4 Å². The van der Waals surface area contributed by atoms with E-state index in [4.69, 9.17) is 4.74 Å². The molecule has 0 atom stereocenters. The van der Waals surface area contributed by atoms with Gasteiger partial charge in [0, 0.05) is 14.4 Å². The van der Waals surface area contributed by atoms with Crippen LogP contribution in [0.1, 0.15) is 63.9 Å². The third kappa shape index (κ3) is 5.99. The standard InChI is InChI=1S/C31H39FOSi/c1-3-5-8-19-33-26-12-9-11-25(23-26)27-13-6-7-14-29(27)30-16-10-15-28(31(30)32)24-17-21-34(20-4-2)22-18-24/h6-7,9-16,23-24,34H,3-5,8,17-22H2,1-2H3/t24-,34-. The van der Waals surface area contributed by atoms with Gasteiger partial charge in [-0.25, -0.2) is 4.39 Å². The first-order chi connectivity index (χ1) is 16.7.